The zero-order chi connectivity index (χ0) is 14.6. The van der Waals surface area contributed by atoms with Crippen molar-refractivity contribution in [3.05, 3.63) is 35.9 Å². The van der Waals surface area contributed by atoms with E-state index in [2.05, 4.69) is 18.7 Å². The molecule has 4 heteroatoms. The predicted octanol–water partition coefficient (Wildman–Crippen LogP) is 1.33. The van der Waals surface area contributed by atoms with Gasteiger partial charge in [0.25, 0.3) is 0 Å². The molecule has 20 heavy (non-hydrogen) atoms. The van der Waals surface area contributed by atoms with Gasteiger partial charge in [-0.25, -0.2) is 0 Å². The van der Waals surface area contributed by atoms with Crippen molar-refractivity contribution in [3.8, 4) is 0 Å². The summed E-state index contributed by atoms with van der Waals surface area (Å²) in [5, 5.41) is 9.70. The number of nitrogens with zero attached hydrogens (tertiary/aromatic N) is 1. The summed E-state index contributed by atoms with van der Waals surface area (Å²) < 4.78 is 5.74. The third-order valence-electron chi connectivity index (χ3n) is 4.00. The van der Waals surface area contributed by atoms with Crippen LogP contribution in [0.3, 0.4) is 0 Å². The van der Waals surface area contributed by atoms with E-state index in [4.69, 9.17) is 10.5 Å². The summed E-state index contributed by atoms with van der Waals surface area (Å²) in [7, 11) is 0. The largest absolute Gasteiger partial charge is 0.394 e. The number of nitrogens with two attached hydrogens (primary N) is 1. The van der Waals surface area contributed by atoms with Gasteiger partial charge in [-0.15, -0.1) is 0 Å². The van der Waals surface area contributed by atoms with E-state index in [0.29, 0.717) is 0 Å². The Kier molecular flexibility index (Phi) is 5.16. The zero-order valence-electron chi connectivity index (χ0n) is 12.5. The Balaban J connectivity index is 1.97. The summed E-state index contributed by atoms with van der Waals surface area (Å²) in [4.78, 5) is 2.37. The molecule has 0 radical (unpaired) electrons. The van der Waals surface area contributed by atoms with E-state index < -0.39 is 5.54 Å². The van der Waals surface area contributed by atoms with Gasteiger partial charge in [0.15, 0.2) is 0 Å². The number of hydrogen-bond acceptors (Lipinski definition) is 4. The lowest BCUT2D eigenvalue weighted by molar-refractivity contribution is -0.0698. The van der Waals surface area contributed by atoms with E-state index >= 15 is 0 Å². The van der Waals surface area contributed by atoms with Gasteiger partial charge in [-0.05, 0) is 25.8 Å². The quantitative estimate of drug-likeness (QED) is 0.853. The number of rotatable bonds is 5. The number of morpholine rings is 1. The van der Waals surface area contributed by atoms with Gasteiger partial charge in [-0.3, -0.25) is 4.90 Å². The molecule has 0 amide bonds. The average Bonchev–Trinajstić information content (AvgIpc) is 2.45. The highest BCUT2D eigenvalue weighted by Gasteiger charge is 2.29. The van der Waals surface area contributed by atoms with Gasteiger partial charge < -0.3 is 15.6 Å². The fourth-order valence-electron chi connectivity index (χ4n) is 2.91. The Morgan fingerprint density at radius 3 is 2.40 bits per heavy atom. The molecule has 1 aliphatic rings. The molecule has 112 valence electrons. The molecule has 1 fully saturated rings. The first-order chi connectivity index (χ1) is 9.53. The van der Waals surface area contributed by atoms with Gasteiger partial charge in [-0.2, -0.15) is 0 Å². The molecule has 1 aliphatic heterocycles. The van der Waals surface area contributed by atoms with Crippen LogP contribution in [0, 0.1) is 0 Å². The standard InChI is InChI=1S/C16H26N2O2/c1-13-10-18(11-14(2)20-13)9-8-16(17,12-19)15-6-4-3-5-7-15/h3-7,13-14,19H,8-12,17H2,1-2H3. The van der Waals surface area contributed by atoms with Crippen LogP contribution in [0.15, 0.2) is 30.3 Å². The number of benzene rings is 1. The lowest BCUT2D eigenvalue weighted by atomic mass is 9.88. The second kappa shape index (κ2) is 6.68. The van der Waals surface area contributed by atoms with Crippen LogP contribution < -0.4 is 5.73 Å². The number of ether oxygens (including phenoxy) is 1. The number of aliphatic hydroxyl groups excluding tert-OH is 1. The molecule has 0 saturated carbocycles. The van der Waals surface area contributed by atoms with Crippen molar-refractivity contribution < 1.29 is 9.84 Å². The summed E-state index contributed by atoms with van der Waals surface area (Å²) in [6, 6.07) is 9.87. The Bertz CT molecular complexity index is 402. The molecule has 1 aromatic rings. The molecule has 0 spiro atoms. The number of hydrogen-bond donors (Lipinski definition) is 2. The minimum absolute atomic E-state index is 0.0353. The molecule has 3 unspecified atom stereocenters. The van der Waals surface area contributed by atoms with Crippen LogP contribution in [0.25, 0.3) is 0 Å². The molecule has 2 rings (SSSR count). The molecule has 1 heterocycles. The lowest BCUT2D eigenvalue weighted by Crippen LogP contribution is -2.49. The first-order valence-corrected chi connectivity index (χ1v) is 7.36. The summed E-state index contributed by atoms with van der Waals surface area (Å²) >= 11 is 0. The van der Waals surface area contributed by atoms with E-state index in [-0.39, 0.29) is 18.8 Å². The van der Waals surface area contributed by atoms with Crippen molar-refractivity contribution in [3.63, 3.8) is 0 Å². The summed E-state index contributed by atoms with van der Waals surface area (Å²) in [6.45, 7) is 6.90. The van der Waals surface area contributed by atoms with Gasteiger partial charge in [0, 0.05) is 19.6 Å². The Hall–Kier alpha value is -0.940. The minimum atomic E-state index is -0.661. The van der Waals surface area contributed by atoms with E-state index in [1.807, 2.05) is 30.3 Å². The van der Waals surface area contributed by atoms with Crippen molar-refractivity contribution in [2.75, 3.05) is 26.2 Å². The highest BCUT2D eigenvalue weighted by Crippen LogP contribution is 2.23. The van der Waals surface area contributed by atoms with Gasteiger partial charge in [-0.1, -0.05) is 30.3 Å². The van der Waals surface area contributed by atoms with Crippen LogP contribution in [0.2, 0.25) is 0 Å². The van der Waals surface area contributed by atoms with E-state index in [0.717, 1.165) is 31.6 Å². The lowest BCUT2D eigenvalue weighted by Gasteiger charge is -2.37. The predicted molar refractivity (Wildman–Crippen MR) is 80.5 cm³/mol. The second-order valence-electron chi connectivity index (χ2n) is 5.95. The highest BCUT2D eigenvalue weighted by atomic mass is 16.5. The SMILES string of the molecule is CC1CN(CCC(N)(CO)c2ccccc2)CC(C)O1. The first kappa shape index (κ1) is 15.4. The minimum Gasteiger partial charge on any atom is -0.394 e. The second-order valence-corrected chi connectivity index (χ2v) is 5.95. The fraction of sp³-hybridized carbons (Fsp3) is 0.625. The monoisotopic (exact) mass is 278 g/mol. The molecule has 1 saturated heterocycles. The van der Waals surface area contributed by atoms with E-state index in [1.54, 1.807) is 0 Å². The summed E-state index contributed by atoms with van der Waals surface area (Å²) in [5.41, 5.74) is 6.73. The maximum atomic E-state index is 9.70. The van der Waals surface area contributed by atoms with Crippen LogP contribution in [0.4, 0.5) is 0 Å². The van der Waals surface area contributed by atoms with Crippen molar-refractivity contribution >= 4 is 0 Å². The van der Waals surface area contributed by atoms with Crippen LogP contribution >= 0.6 is 0 Å². The molecule has 3 atom stereocenters. The van der Waals surface area contributed by atoms with Crippen LogP contribution in [0.5, 0.6) is 0 Å². The fourth-order valence-corrected chi connectivity index (χ4v) is 2.91. The van der Waals surface area contributed by atoms with Crippen molar-refractivity contribution in [2.24, 2.45) is 5.73 Å². The summed E-state index contributed by atoms with van der Waals surface area (Å²) in [6.07, 6.45) is 1.26. The summed E-state index contributed by atoms with van der Waals surface area (Å²) in [5.74, 6) is 0. The normalized spacial score (nSPS) is 27.2. The molecule has 0 aromatic heterocycles. The zero-order valence-corrected chi connectivity index (χ0v) is 12.5. The number of aliphatic hydroxyl groups is 1. The van der Waals surface area contributed by atoms with Gasteiger partial charge in [0.05, 0.1) is 24.4 Å². The maximum absolute atomic E-state index is 9.70. The van der Waals surface area contributed by atoms with Gasteiger partial charge >= 0.3 is 0 Å². The Morgan fingerprint density at radius 1 is 1.25 bits per heavy atom. The third-order valence-corrected chi connectivity index (χ3v) is 4.00. The van der Waals surface area contributed by atoms with Crippen molar-refractivity contribution in [1.82, 2.24) is 4.90 Å². The molecule has 4 nitrogen and oxygen atoms in total. The first-order valence-electron chi connectivity index (χ1n) is 7.36. The van der Waals surface area contributed by atoms with Crippen molar-refractivity contribution in [2.45, 2.75) is 38.0 Å². The topological polar surface area (TPSA) is 58.7 Å². The van der Waals surface area contributed by atoms with Crippen LogP contribution in [-0.2, 0) is 10.3 Å². The maximum Gasteiger partial charge on any atom is 0.0678 e. The molecule has 1 aromatic carbocycles. The highest BCUT2D eigenvalue weighted by molar-refractivity contribution is 5.24. The third kappa shape index (κ3) is 3.79. The van der Waals surface area contributed by atoms with E-state index in [9.17, 15) is 5.11 Å². The van der Waals surface area contributed by atoms with Crippen LogP contribution in [-0.4, -0.2) is 48.5 Å². The van der Waals surface area contributed by atoms with Crippen LogP contribution in [0.1, 0.15) is 25.8 Å². The molecular formula is C16H26N2O2. The Labute approximate surface area is 121 Å². The molecule has 0 bridgehead atoms. The van der Waals surface area contributed by atoms with E-state index in [1.165, 1.54) is 0 Å². The molecule has 3 N–H and O–H groups in total. The molecular weight excluding hydrogens is 252 g/mol. The van der Waals surface area contributed by atoms with Gasteiger partial charge in [0.2, 0.25) is 0 Å². The van der Waals surface area contributed by atoms with Gasteiger partial charge in [0.1, 0.15) is 0 Å². The Morgan fingerprint density at radius 2 is 1.85 bits per heavy atom. The average molecular weight is 278 g/mol. The molecule has 0 aliphatic carbocycles. The van der Waals surface area contributed by atoms with Crippen molar-refractivity contribution in [1.29, 1.82) is 0 Å². The smallest absolute Gasteiger partial charge is 0.0678 e.